The van der Waals surface area contributed by atoms with Crippen LogP contribution in [0.15, 0.2) is 48.5 Å². The minimum Gasteiger partial charge on any atom is -0.463 e. The smallest absolute Gasteiger partial charge is 0.331 e. The Morgan fingerprint density at radius 2 is 1.29 bits per heavy atom. The molecule has 0 aliphatic rings. The van der Waals surface area contributed by atoms with Crippen LogP contribution in [0.5, 0.6) is 0 Å². The van der Waals surface area contributed by atoms with Crippen LogP contribution in [0.3, 0.4) is 0 Å². The fraction of sp³-hybridized carbons (Fsp3) is 0.571. The number of hydrogen-bond donors (Lipinski definition) is 0. The molecule has 0 amide bonds. The van der Waals surface area contributed by atoms with Gasteiger partial charge in [-0.05, 0) is 95.8 Å². The van der Waals surface area contributed by atoms with Gasteiger partial charge in [-0.2, -0.15) is 0 Å². The molecule has 0 aromatic heterocycles. The molecule has 4 nitrogen and oxygen atoms in total. The second-order valence-corrected chi connectivity index (χ2v) is 23.8. The molecule has 0 N–H and O–H groups in total. The first-order valence-corrected chi connectivity index (χ1v) is 21.1. The highest BCUT2D eigenvalue weighted by molar-refractivity contribution is 6.74. The van der Waals surface area contributed by atoms with Crippen LogP contribution >= 0.6 is 0 Å². The van der Waals surface area contributed by atoms with Gasteiger partial charge in [-0.1, -0.05) is 90.9 Å². The third-order valence-corrected chi connectivity index (χ3v) is 18.0. The van der Waals surface area contributed by atoms with E-state index in [0.29, 0.717) is 19.8 Å². The van der Waals surface area contributed by atoms with Crippen molar-refractivity contribution in [3.63, 3.8) is 0 Å². The molecular weight excluding hydrogens is 541 g/mol. The Kier molecular flexibility index (Phi) is 12.4. The molecule has 0 saturated heterocycles. The first kappa shape index (κ1) is 35.2. The van der Waals surface area contributed by atoms with E-state index in [1.807, 2.05) is 6.92 Å². The number of allylic oxidation sites excluding steroid dienone is 1. The summed E-state index contributed by atoms with van der Waals surface area (Å²) in [5.74, 6) is -0.278. The lowest BCUT2D eigenvalue weighted by Crippen LogP contribution is -2.41. The van der Waals surface area contributed by atoms with Crippen LogP contribution in [0.1, 0.15) is 89.6 Å². The van der Waals surface area contributed by atoms with E-state index in [1.165, 1.54) is 22.3 Å². The first-order valence-electron chi connectivity index (χ1n) is 15.3. The molecule has 0 radical (unpaired) electrons. The Morgan fingerprint density at radius 3 is 1.80 bits per heavy atom. The van der Waals surface area contributed by atoms with Gasteiger partial charge in [-0.3, -0.25) is 0 Å². The van der Waals surface area contributed by atoms with E-state index >= 15 is 0 Å². The molecule has 0 aliphatic carbocycles. The third kappa shape index (κ3) is 10.3. The van der Waals surface area contributed by atoms with Crippen LogP contribution in [0, 0.1) is 0 Å². The molecule has 2 aromatic carbocycles. The van der Waals surface area contributed by atoms with Gasteiger partial charge in [0, 0.05) is 6.08 Å². The van der Waals surface area contributed by atoms with Gasteiger partial charge in [0.25, 0.3) is 0 Å². The standard InChI is InChI=1S/C35H56O4Si2/c1-13-29(24-33(36)37-14-2)30-17-15-16-27(22-30)18-19-28-20-21-31(25-38-40(9,10)34(3,4)5)32(23-28)26-39-41(11,12)35(6,7)8/h15-17,20-24H,13-14,18-19,25-26H2,1-12H3. The monoisotopic (exact) mass is 596 g/mol. The Hall–Kier alpha value is -2.00. The van der Waals surface area contributed by atoms with Crippen LogP contribution in [-0.2, 0) is 44.4 Å². The van der Waals surface area contributed by atoms with Gasteiger partial charge in [0.15, 0.2) is 16.6 Å². The van der Waals surface area contributed by atoms with E-state index in [1.54, 1.807) is 6.08 Å². The zero-order valence-corrected chi connectivity index (χ0v) is 30.0. The summed E-state index contributed by atoms with van der Waals surface area (Å²) in [7, 11) is -3.77. The van der Waals surface area contributed by atoms with E-state index in [0.717, 1.165) is 30.4 Å². The number of aryl methyl sites for hydroxylation is 2. The lowest BCUT2D eigenvalue weighted by molar-refractivity contribution is -0.137. The highest BCUT2D eigenvalue weighted by atomic mass is 28.4. The fourth-order valence-electron chi connectivity index (χ4n) is 3.99. The molecule has 0 spiro atoms. The van der Waals surface area contributed by atoms with Gasteiger partial charge in [0.05, 0.1) is 19.8 Å². The molecule has 6 heteroatoms. The van der Waals surface area contributed by atoms with E-state index < -0.39 is 16.6 Å². The average Bonchev–Trinajstić information content (AvgIpc) is 2.87. The minimum absolute atomic E-state index is 0.159. The number of hydrogen-bond acceptors (Lipinski definition) is 4. The Balaban J connectivity index is 2.28. The van der Waals surface area contributed by atoms with E-state index in [4.69, 9.17) is 13.6 Å². The summed E-state index contributed by atoms with van der Waals surface area (Å²) in [5, 5.41) is 0.328. The number of ether oxygens (including phenoxy) is 1. The summed E-state index contributed by atoms with van der Waals surface area (Å²) in [6.45, 7) is 28.5. The zero-order chi connectivity index (χ0) is 31.1. The highest BCUT2D eigenvalue weighted by Crippen LogP contribution is 2.39. The van der Waals surface area contributed by atoms with Crippen LogP contribution in [0.25, 0.3) is 5.57 Å². The summed E-state index contributed by atoms with van der Waals surface area (Å²) >= 11 is 0. The molecular formula is C35H56O4Si2. The molecule has 0 atom stereocenters. The number of esters is 1. The molecule has 0 saturated carbocycles. The highest BCUT2D eigenvalue weighted by Gasteiger charge is 2.38. The second kappa shape index (κ2) is 14.5. The summed E-state index contributed by atoms with van der Waals surface area (Å²) < 4.78 is 18.5. The number of carbonyl (C=O) groups excluding carboxylic acids is 1. The lowest BCUT2D eigenvalue weighted by atomic mass is 9.96. The van der Waals surface area contributed by atoms with Crippen molar-refractivity contribution in [2.24, 2.45) is 0 Å². The molecule has 2 aromatic rings. The summed E-state index contributed by atoms with van der Waals surface area (Å²) in [4.78, 5) is 12.0. The van der Waals surface area contributed by atoms with Crippen molar-refractivity contribution in [2.45, 2.75) is 124 Å². The Morgan fingerprint density at radius 1 is 0.756 bits per heavy atom. The number of carbonyl (C=O) groups is 1. The Bertz CT molecular complexity index is 1180. The largest absolute Gasteiger partial charge is 0.463 e. The van der Waals surface area contributed by atoms with Gasteiger partial charge in [0.1, 0.15) is 0 Å². The number of rotatable bonds is 13. The van der Waals surface area contributed by atoms with Crippen molar-refractivity contribution < 1.29 is 18.4 Å². The maximum absolute atomic E-state index is 12.0. The van der Waals surface area contributed by atoms with E-state index in [2.05, 4.69) is 117 Å². The quantitative estimate of drug-likeness (QED) is 0.131. The lowest BCUT2D eigenvalue weighted by Gasteiger charge is -2.37. The topological polar surface area (TPSA) is 44.8 Å². The fourth-order valence-corrected chi connectivity index (χ4v) is 5.89. The van der Waals surface area contributed by atoms with Gasteiger partial charge in [-0.25, -0.2) is 4.79 Å². The number of benzene rings is 2. The van der Waals surface area contributed by atoms with Crippen LogP contribution < -0.4 is 0 Å². The molecule has 0 unspecified atom stereocenters. The van der Waals surface area contributed by atoms with Crippen molar-refractivity contribution in [1.29, 1.82) is 0 Å². The normalized spacial score (nSPS) is 13.4. The molecule has 0 fully saturated rings. The predicted molar refractivity (Wildman–Crippen MR) is 179 cm³/mol. The molecule has 228 valence electrons. The van der Waals surface area contributed by atoms with Crippen LogP contribution in [0.4, 0.5) is 0 Å². The van der Waals surface area contributed by atoms with Gasteiger partial charge in [0.2, 0.25) is 0 Å². The molecule has 0 bridgehead atoms. The maximum Gasteiger partial charge on any atom is 0.331 e. The van der Waals surface area contributed by atoms with E-state index in [-0.39, 0.29) is 16.0 Å². The average molecular weight is 597 g/mol. The van der Waals surface area contributed by atoms with Crippen molar-refractivity contribution in [3.05, 3.63) is 76.4 Å². The predicted octanol–water partition coefficient (Wildman–Crippen LogP) is 9.87. The van der Waals surface area contributed by atoms with Crippen LogP contribution in [-0.4, -0.2) is 29.2 Å². The molecule has 41 heavy (non-hydrogen) atoms. The van der Waals surface area contributed by atoms with Crippen molar-refractivity contribution in [2.75, 3.05) is 6.61 Å². The first-order chi connectivity index (χ1) is 18.9. The minimum atomic E-state index is -1.90. The second-order valence-electron chi connectivity index (χ2n) is 14.2. The molecule has 2 rings (SSSR count). The van der Waals surface area contributed by atoms with E-state index in [9.17, 15) is 4.79 Å². The molecule has 0 aliphatic heterocycles. The summed E-state index contributed by atoms with van der Waals surface area (Å²) in [6.07, 6.45) is 4.26. The van der Waals surface area contributed by atoms with Crippen LogP contribution in [0.2, 0.25) is 36.3 Å². The SMILES string of the molecule is CCOC(=O)C=C(CC)c1cccc(CCc2ccc(CO[Si](C)(C)C(C)(C)C)c(CO[Si](C)(C)C(C)(C)C)c2)c1. The van der Waals surface area contributed by atoms with Gasteiger partial charge >= 0.3 is 5.97 Å². The molecule has 0 heterocycles. The summed E-state index contributed by atoms with van der Waals surface area (Å²) in [5.41, 5.74) is 7.12. The van der Waals surface area contributed by atoms with Gasteiger partial charge in [-0.15, -0.1) is 0 Å². The Labute approximate surface area is 253 Å². The van der Waals surface area contributed by atoms with Crippen molar-refractivity contribution in [1.82, 2.24) is 0 Å². The summed E-state index contributed by atoms with van der Waals surface area (Å²) in [6, 6.07) is 15.4. The third-order valence-electron chi connectivity index (χ3n) is 9.02. The zero-order valence-electron chi connectivity index (χ0n) is 28.0. The van der Waals surface area contributed by atoms with Crippen molar-refractivity contribution >= 4 is 28.2 Å². The van der Waals surface area contributed by atoms with Crippen molar-refractivity contribution in [3.8, 4) is 0 Å². The maximum atomic E-state index is 12.0. The van der Waals surface area contributed by atoms with Gasteiger partial charge < -0.3 is 13.6 Å².